The molecule has 1 rings (SSSR count). The number of phenols is 1. The molecule has 0 fully saturated rings. The average Bonchev–Trinajstić information content (AvgIpc) is 2.47. The molecule has 0 radical (unpaired) electrons. The number of aromatic hydroxyl groups is 1. The van der Waals surface area contributed by atoms with Crippen molar-refractivity contribution >= 4 is 5.91 Å². The third-order valence-corrected chi connectivity index (χ3v) is 3.27. The van der Waals surface area contributed by atoms with Crippen molar-refractivity contribution in [2.45, 2.75) is 13.5 Å². The molecular weight excluding hydrogens is 272 g/mol. The van der Waals surface area contributed by atoms with Crippen LogP contribution in [0.5, 0.6) is 17.2 Å². The predicted molar refractivity (Wildman–Crippen MR) is 80.8 cm³/mol. The van der Waals surface area contributed by atoms with Crippen molar-refractivity contribution in [2.24, 2.45) is 5.92 Å². The summed E-state index contributed by atoms with van der Waals surface area (Å²) in [5, 5.41) is 12.5. The fraction of sp³-hybridized carbons (Fsp3) is 0.533. The van der Waals surface area contributed by atoms with E-state index in [1.165, 1.54) is 14.2 Å². The van der Waals surface area contributed by atoms with Crippen LogP contribution in [0.15, 0.2) is 12.1 Å². The van der Waals surface area contributed by atoms with Gasteiger partial charge in [-0.1, -0.05) is 6.92 Å². The molecule has 0 saturated heterocycles. The van der Waals surface area contributed by atoms with Crippen molar-refractivity contribution in [3.63, 3.8) is 0 Å². The molecule has 0 aliphatic rings. The van der Waals surface area contributed by atoms with E-state index in [9.17, 15) is 9.90 Å². The molecule has 0 bridgehead atoms. The molecule has 0 spiro atoms. The third-order valence-electron chi connectivity index (χ3n) is 3.27. The van der Waals surface area contributed by atoms with Gasteiger partial charge in [0.1, 0.15) is 0 Å². The molecule has 1 atom stereocenters. The number of ether oxygens (including phenoxy) is 2. The maximum atomic E-state index is 11.5. The van der Waals surface area contributed by atoms with Gasteiger partial charge in [0.15, 0.2) is 11.5 Å². The normalized spacial score (nSPS) is 12.1. The number of amides is 1. The Morgan fingerprint density at radius 1 is 1.33 bits per heavy atom. The van der Waals surface area contributed by atoms with Crippen molar-refractivity contribution in [2.75, 3.05) is 34.9 Å². The fourth-order valence-corrected chi connectivity index (χ4v) is 2.21. The molecule has 2 N–H and O–H groups in total. The second-order valence-corrected chi connectivity index (χ2v) is 5.06. The molecule has 1 aromatic carbocycles. The Labute approximate surface area is 125 Å². The Kier molecular flexibility index (Phi) is 6.30. The maximum Gasteiger partial charge on any atom is 0.223 e. The van der Waals surface area contributed by atoms with Gasteiger partial charge >= 0.3 is 0 Å². The monoisotopic (exact) mass is 296 g/mol. The van der Waals surface area contributed by atoms with Crippen LogP contribution in [0.3, 0.4) is 0 Å². The summed E-state index contributed by atoms with van der Waals surface area (Å²) in [6.45, 7) is 3.13. The first-order valence-electron chi connectivity index (χ1n) is 6.76. The number of nitrogens with one attached hydrogen (secondary N) is 1. The lowest BCUT2D eigenvalue weighted by Crippen LogP contribution is -2.34. The summed E-state index contributed by atoms with van der Waals surface area (Å²) >= 11 is 0. The van der Waals surface area contributed by atoms with Crippen LogP contribution in [-0.4, -0.2) is 50.8 Å². The molecule has 0 aliphatic heterocycles. The standard InChI is InChI=1S/C15H24N2O4/c1-10(15(19)16-2)8-17(3)9-11-6-12(20-4)14(18)13(7-11)21-5/h6-7,10,18H,8-9H2,1-5H3,(H,16,19). The quantitative estimate of drug-likeness (QED) is 0.792. The van der Waals surface area contributed by atoms with E-state index in [0.717, 1.165) is 5.56 Å². The summed E-state index contributed by atoms with van der Waals surface area (Å²) < 4.78 is 10.3. The summed E-state index contributed by atoms with van der Waals surface area (Å²) in [5.74, 6) is 0.656. The Balaban J connectivity index is 2.80. The minimum atomic E-state index is -0.0964. The van der Waals surface area contributed by atoms with Crippen LogP contribution in [0, 0.1) is 5.92 Å². The first-order valence-corrected chi connectivity index (χ1v) is 6.76. The van der Waals surface area contributed by atoms with Gasteiger partial charge < -0.3 is 24.8 Å². The largest absolute Gasteiger partial charge is 0.502 e. The zero-order valence-corrected chi connectivity index (χ0v) is 13.3. The summed E-state index contributed by atoms with van der Waals surface area (Å²) in [7, 11) is 6.56. The topological polar surface area (TPSA) is 71.0 Å². The van der Waals surface area contributed by atoms with Crippen LogP contribution >= 0.6 is 0 Å². The van der Waals surface area contributed by atoms with Gasteiger partial charge in [-0.2, -0.15) is 0 Å². The number of methoxy groups -OCH3 is 2. The minimum absolute atomic E-state index is 0.00914. The second kappa shape index (κ2) is 7.73. The van der Waals surface area contributed by atoms with Crippen LogP contribution < -0.4 is 14.8 Å². The van der Waals surface area contributed by atoms with Gasteiger partial charge in [0.05, 0.1) is 14.2 Å². The van der Waals surface area contributed by atoms with Gasteiger partial charge in [0.25, 0.3) is 0 Å². The Hall–Kier alpha value is -1.95. The third kappa shape index (κ3) is 4.53. The summed E-state index contributed by atoms with van der Waals surface area (Å²) in [4.78, 5) is 13.6. The van der Waals surface area contributed by atoms with Crippen LogP contribution in [0.2, 0.25) is 0 Å². The Morgan fingerprint density at radius 2 is 1.86 bits per heavy atom. The number of benzene rings is 1. The van der Waals surface area contributed by atoms with Crippen molar-refractivity contribution < 1.29 is 19.4 Å². The van der Waals surface area contributed by atoms with E-state index in [4.69, 9.17) is 9.47 Å². The lowest BCUT2D eigenvalue weighted by Gasteiger charge is -2.21. The van der Waals surface area contributed by atoms with Crippen LogP contribution in [-0.2, 0) is 11.3 Å². The number of carbonyl (C=O) groups is 1. The smallest absolute Gasteiger partial charge is 0.223 e. The van der Waals surface area contributed by atoms with Gasteiger partial charge in [-0.25, -0.2) is 0 Å². The number of hydrogen-bond donors (Lipinski definition) is 2. The molecule has 0 aromatic heterocycles. The van der Waals surface area contributed by atoms with Gasteiger partial charge in [-0.15, -0.1) is 0 Å². The number of hydrogen-bond acceptors (Lipinski definition) is 5. The van der Waals surface area contributed by atoms with Gasteiger partial charge in [0, 0.05) is 26.1 Å². The Bertz CT molecular complexity index is 466. The molecule has 0 aliphatic carbocycles. The molecule has 1 unspecified atom stereocenters. The van der Waals surface area contributed by atoms with Crippen molar-refractivity contribution in [1.29, 1.82) is 0 Å². The molecule has 6 heteroatoms. The maximum absolute atomic E-state index is 11.5. The van der Waals surface area contributed by atoms with E-state index in [-0.39, 0.29) is 17.6 Å². The lowest BCUT2D eigenvalue weighted by molar-refractivity contribution is -0.124. The highest BCUT2D eigenvalue weighted by Gasteiger charge is 2.16. The molecule has 0 heterocycles. The van der Waals surface area contributed by atoms with Gasteiger partial charge in [-0.05, 0) is 24.7 Å². The molecule has 21 heavy (non-hydrogen) atoms. The Morgan fingerprint density at radius 3 is 2.29 bits per heavy atom. The zero-order chi connectivity index (χ0) is 16.0. The average molecular weight is 296 g/mol. The summed E-state index contributed by atoms with van der Waals surface area (Å²) in [5.41, 5.74) is 0.938. The van der Waals surface area contributed by atoms with Crippen LogP contribution in [0.25, 0.3) is 0 Å². The van der Waals surface area contributed by atoms with E-state index in [0.29, 0.717) is 24.6 Å². The number of carbonyl (C=O) groups excluding carboxylic acids is 1. The molecule has 118 valence electrons. The first kappa shape index (κ1) is 17.1. The van der Waals surface area contributed by atoms with Crippen molar-refractivity contribution in [3.05, 3.63) is 17.7 Å². The van der Waals surface area contributed by atoms with E-state index in [1.54, 1.807) is 19.2 Å². The highest BCUT2D eigenvalue weighted by atomic mass is 16.5. The molecule has 1 aromatic rings. The SMILES string of the molecule is CNC(=O)C(C)CN(C)Cc1cc(OC)c(O)c(OC)c1. The minimum Gasteiger partial charge on any atom is -0.502 e. The van der Waals surface area contributed by atoms with E-state index < -0.39 is 0 Å². The predicted octanol–water partition coefficient (Wildman–Crippen LogP) is 1.22. The molecule has 1 amide bonds. The van der Waals surface area contributed by atoms with Crippen molar-refractivity contribution in [1.82, 2.24) is 10.2 Å². The fourth-order valence-electron chi connectivity index (χ4n) is 2.21. The zero-order valence-electron chi connectivity index (χ0n) is 13.3. The van der Waals surface area contributed by atoms with Crippen LogP contribution in [0.4, 0.5) is 0 Å². The number of rotatable bonds is 7. The van der Waals surface area contributed by atoms with Gasteiger partial charge in [0.2, 0.25) is 11.7 Å². The molecule has 6 nitrogen and oxygen atoms in total. The molecule has 0 saturated carbocycles. The van der Waals surface area contributed by atoms with Gasteiger partial charge in [-0.3, -0.25) is 4.79 Å². The van der Waals surface area contributed by atoms with E-state index >= 15 is 0 Å². The van der Waals surface area contributed by atoms with Crippen molar-refractivity contribution in [3.8, 4) is 17.2 Å². The number of phenolic OH excluding ortho intramolecular Hbond substituents is 1. The number of nitrogens with zero attached hydrogens (tertiary/aromatic N) is 1. The highest BCUT2D eigenvalue weighted by molar-refractivity contribution is 5.78. The lowest BCUT2D eigenvalue weighted by atomic mass is 10.1. The van der Waals surface area contributed by atoms with E-state index in [1.807, 2.05) is 18.9 Å². The summed E-state index contributed by atoms with van der Waals surface area (Å²) in [6.07, 6.45) is 0. The second-order valence-electron chi connectivity index (χ2n) is 5.06. The highest BCUT2D eigenvalue weighted by Crippen LogP contribution is 2.37. The van der Waals surface area contributed by atoms with E-state index in [2.05, 4.69) is 5.32 Å². The first-order chi connectivity index (χ1) is 9.92. The van der Waals surface area contributed by atoms with Crippen LogP contribution in [0.1, 0.15) is 12.5 Å². The summed E-state index contributed by atoms with van der Waals surface area (Å²) in [6, 6.07) is 3.53. The molecular formula is C15H24N2O4.